The fraction of sp³-hybridized carbons (Fsp3) is 0.250. The Morgan fingerprint density at radius 2 is 1.88 bits per heavy atom. The van der Waals surface area contributed by atoms with E-state index in [9.17, 15) is 18.3 Å². The van der Waals surface area contributed by atoms with Crippen molar-refractivity contribution in [1.82, 2.24) is 14.8 Å². The van der Waals surface area contributed by atoms with Crippen LogP contribution in [0.1, 0.15) is 47.1 Å². The number of hydrogen-bond acceptors (Lipinski definition) is 4. The number of nitrogens with zero attached hydrogens (tertiary/aromatic N) is 2. The first-order chi connectivity index (χ1) is 15.5. The molecule has 0 aliphatic rings. The molecule has 0 aliphatic carbocycles. The maximum absolute atomic E-state index is 12.1. The zero-order chi connectivity index (χ0) is 23.9. The van der Waals surface area contributed by atoms with Crippen LogP contribution in [0.3, 0.4) is 0 Å². The van der Waals surface area contributed by atoms with Gasteiger partial charge in [0.05, 0.1) is 23.5 Å². The highest BCUT2D eigenvalue weighted by Gasteiger charge is 2.26. The first kappa shape index (κ1) is 23.1. The molecule has 2 aromatic heterocycles. The second-order valence-corrected chi connectivity index (χ2v) is 11.0. The number of aromatic nitrogens is 3. The third-order valence-electron chi connectivity index (χ3n) is 5.42. The SMILES string of the molecule is CC(C)c1c2[nH]c(C(=O)O)c(-c3ccc(CS(C)(=O)=O)c(Cl)c3)c2nn1Cc1ccccc1. The van der Waals surface area contributed by atoms with Crippen molar-refractivity contribution >= 4 is 38.4 Å². The summed E-state index contributed by atoms with van der Waals surface area (Å²) in [5.74, 6) is -1.21. The molecule has 0 radical (unpaired) electrons. The molecule has 0 bridgehead atoms. The molecule has 2 N–H and O–H groups in total. The quantitative estimate of drug-likeness (QED) is 0.379. The Morgan fingerprint density at radius 3 is 2.45 bits per heavy atom. The number of carboxylic acids is 1. The van der Waals surface area contributed by atoms with Crippen molar-refractivity contribution in [1.29, 1.82) is 0 Å². The van der Waals surface area contributed by atoms with Crippen LogP contribution < -0.4 is 0 Å². The molecule has 0 unspecified atom stereocenters. The summed E-state index contributed by atoms with van der Waals surface area (Å²) >= 11 is 6.38. The molecule has 4 rings (SSSR count). The molecule has 0 amide bonds. The molecule has 172 valence electrons. The summed E-state index contributed by atoms with van der Waals surface area (Å²) < 4.78 is 25.3. The van der Waals surface area contributed by atoms with Crippen molar-refractivity contribution in [2.45, 2.75) is 32.1 Å². The number of aromatic amines is 1. The maximum Gasteiger partial charge on any atom is 0.353 e. The monoisotopic (exact) mass is 485 g/mol. The van der Waals surface area contributed by atoms with Gasteiger partial charge >= 0.3 is 5.97 Å². The third kappa shape index (κ3) is 4.67. The number of halogens is 1. The van der Waals surface area contributed by atoms with Crippen LogP contribution in [0.25, 0.3) is 22.2 Å². The van der Waals surface area contributed by atoms with Gasteiger partial charge in [0.15, 0.2) is 9.84 Å². The van der Waals surface area contributed by atoms with Gasteiger partial charge in [-0.3, -0.25) is 4.68 Å². The lowest BCUT2D eigenvalue weighted by atomic mass is 10.0. The zero-order valence-corrected chi connectivity index (χ0v) is 20.0. The first-order valence-electron chi connectivity index (χ1n) is 10.4. The predicted molar refractivity (Wildman–Crippen MR) is 130 cm³/mol. The lowest BCUT2D eigenvalue weighted by molar-refractivity contribution is 0.0692. The highest BCUT2D eigenvalue weighted by molar-refractivity contribution is 7.89. The minimum atomic E-state index is -3.26. The predicted octanol–water partition coefficient (Wildman–Crippen LogP) is 5.10. The number of nitrogens with one attached hydrogen (secondary N) is 1. The molecular weight excluding hydrogens is 462 g/mol. The number of sulfone groups is 1. The summed E-state index contributed by atoms with van der Waals surface area (Å²) in [6.07, 6.45) is 1.14. The van der Waals surface area contributed by atoms with Crippen LogP contribution in [0.5, 0.6) is 0 Å². The molecule has 0 spiro atoms. The van der Waals surface area contributed by atoms with E-state index in [0.29, 0.717) is 34.3 Å². The van der Waals surface area contributed by atoms with Crippen molar-refractivity contribution in [2.24, 2.45) is 0 Å². The Morgan fingerprint density at radius 1 is 1.18 bits per heavy atom. The van der Waals surface area contributed by atoms with E-state index >= 15 is 0 Å². The Hall–Kier alpha value is -3.10. The Bertz CT molecular complexity index is 1450. The minimum Gasteiger partial charge on any atom is -0.477 e. The van der Waals surface area contributed by atoms with E-state index < -0.39 is 15.8 Å². The lowest BCUT2D eigenvalue weighted by Gasteiger charge is -2.11. The topological polar surface area (TPSA) is 105 Å². The molecular formula is C24H24ClN3O4S. The van der Waals surface area contributed by atoms with Gasteiger partial charge in [0, 0.05) is 16.8 Å². The fourth-order valence-electron chi connectivity index (χ4n) is 4.09. The van der Waals surface area contributed by atoms with E-state index in [-0.39, 0.29) is 22.4 Å². The van der Waals surface area contributed by atoms with Gasteiger partial charge in [-0.1, -0.05) is 67.9 Å². The van der Waals surface area contributed by atoms with Crippen molar-refractivity contribution in [3.63, 3.8) is 0 Å². The molecule has 33 heavy (non-hydrogen) atoms. The molecule has 2 aromatic carbocycles. The zero-order valence-electron chi connectivity index (χ0n) is 18.5. The van der Waals surface area contributed by atoms with E-state index in [2.05, 4.69) is 4.98 Å². The average Bonchev–Trinajstić information content (AvgIpc) is 3.25. The summed E-state index contributed by atoms with van der Waals surface area (Å²) in [5, 5.41) is 14.9. The van der Waals surface area contributed by atoms with Crippen molar-refractivity contribution < 1.29 is 18.3 Å². The largest absolute Gasteiger partial charge is 0.477 e. The summed E-state index contributed by atoms with van der Waals surface area (Å²) in [5.41, 5.74) is 4.67. The van der Waals surface area contributed by atoms with Gasteiger partial charge in [0.1, 0.15) is 11.2 Å². The molecule has 0 saturated heterocycles. The van der Waals surface area contributed by atoms with E-state index in [4.69, 9.17) is 16.7 Å². The highest BCUT2D eigenvalue weighted by Crippen LogP contribution is 2.37. The number of carboxylic acid groups (broad SMARTS) is 1. The second-order valence-electron chi connectivity index (χ2n) is 8.46. The molecule has 4 aromatic rings. The molecule has 0 fully saturated rings. The molecule has 0 saturated carbocycles. The number of hydrogen-bond donors (Lipinski definition) is 2. The minimum absolute atomic E-state index is 0.0215. The number of benzene rings is 2. The van der Waals surface area contributed by atoms with E-state index in [1.807, 2.05) is 48.9 Å². The van der Waals surface area contributed by atoms with Gasteiger partial charge in [-0.25, -0.2) is 13.2 Å². The first-order valence-corrected chi connectivity index (χ1v) is 12.8. The number of H-pyrrole nitrogens is 1. The van der Waals surface area contributed by atoms with Gasteiger partial charge in [0.2, 0.25) is 0 Å². The highest BCUT2D eigenvalue weighted by atomic mass is 35.5. The fourth-order valence-corrected chi connectivity index (χ4v) is 5.23. The lowest BCUT2D eigenvalue weighted by Crippen LogP contribution is -2.09. The van der Waals surface area contributed by atoms with Gasteiger partial charge < -0.3 is 10.1 Å². The molecule has 7 nitrogen and oxygen atoms in total. The Kier molecular flexibility index (Phi) is 6.07. The van der Waals surface area contributed by atoms with Crippen molar-refractivity contribution in [2.75, 3.05) is 6.26 Å². The summed E-state index contributed by atoms with van der Waals surface area (Å²) in [6, 6.07) is 14.8. The van der Waals surface area contributed by atoms with Crippen LogP contribution >= 0.6 is 11.6 Å². The van der Waals surface area contributed by atoms with Crippen molar-refractivity contribution in [3.05, 3.63) is 76.1 Å². The average molecular weight is 486 g/mol. The smallest absolute Gasteiger partial charge is 0.353 e. The summed E-state index contributed by atoms with van der Waals surface area (Å²) in [7, 11) is -3.26. The summed E-state index contributed by atoms with van der Waals surface area (Å²) in [4.78, 5) is 15.1. The van der Waals surface area contributed by atoms with Crippen LogP contribution in [0.2, 0.25) is 5.02 Å². The van der Waals surface area contributed by atoms with Gasteiger partial charge in [-0.2, -0.15) is 5.10 Å². The van der Waals surface area contributed by atoms with Crippen molar-refractivity contribution in [3.8, 4) is 11.1 Å². The van der Waals surface area contributed by atoms with Crippen LogP contribution in [-0.4, -0.2) is 40.5 Å². The second kappa shape index (κ2) is 8.68. The molecule has 0 aliphatic heterocycles. The van der Waals surface area contributed by atoms with Gasteiger partial charge in [0.25, 0.3) is 0 Å². The van der Waals surface area contributed by atoms with Crippen LogP contribution in [0, 0.1) is 0 Å². The standard InChI is InChI=1S/C24H24ClN3O4S/c1-14(2)23-22-20(27-28(23)12-15-7-5-4-6-8-15)19(21(26-22)24(29)30)16-9-10-17(18(25)11-16)13-33(3,31)32/h4-11,14,26H,12-13H2,1-3H3,(H,29,30). The van der Waals surface area contributed by atoms with Crippen LogP contribution in [0.15, 0.2) is 48.5 Å². The van der Waals surface area contributed by atoms with Crippen LogP contribution in [-0.2, 0) is 22.1 Å². The third-order valence-corrected chi connectivity index (χ3v) is 6.61. The summed E-state index contributed by atoms with van der Waals surface area (Å²) in [6.45, 7) is 4.62. The number of fused-ring (bicyclic) bond motifs is 1. The normalized spacial score (nSPS) is 12.0. The maximum atomic E-state index is 12.1. The Labute approximate surface area is 196 Å². The van der Waals surface area contributed by atoms with E-state index in [1.165, 1.54) is 0 Å². The van der Waals surface area contributed by atoms with Crippen LogP contribution in [0.4, 0.5) is 0 Å². The molecule has 2 heterocycles. The molecule has 9 heteroatoms. The number of aromatic carboxylic acids is 1. The molecule has 0 atom stereocenters. The van der Waals surface area contributed by atoms with E-state index in [1.54, 1.807) is 18.2 Å². The number of carbonyl (C=O) groups is 1. The van der Waals surface area contributed by atoms with Gasteiger partial charge in [-0.05, 0) is 28.7 Å². The van der Waals surface area contributed by atoms with Gasteiger partial charge in [-0.15, -0.1) is 0 Å². The Balaban J connectivity index is 1.90. The van der Waals surface area contributed by atoms with E-state index in [0.717, 1.165) is 17.5 Å². The number of rotatable bonds is 7.